The largest absolute Gasteiger partial charge is 0.102 e. The fourth-order valence-electron chi connectivity index (χ4n) is 7.58. The van der Waals surface area contributed by atoms with Gasteiger partial charge in [-0.25, -0.2) is 0 Å². The maximum Gasteiger partial charge on any atom is -0.000000170 e. The predicted molar refractivity (Wildman–Crippen MR) is 1010 cm³/mol. The van der Waals surface area contributed by atoms with Crippen molar-refractivity contribution in [2.24, 2.45) is 0 Å². The average molecular weight is 3900 g/mol. The molecule has 0 aliphatic rings. The van der Waals surface area contributed by atoms with E-state index in [1.807, 2.05) is 0 Å². The molecule has 0 saturated heterocycles. The third-order valence-electron chi connectivity index (χ3n) is 10.9. The van der Waals surface area contributed by atoms with Crippen molar-refractivity contribution in [3.8, 4) is 0 Å². The molecule has 122 heavy (non-hydrogen) atoms. The molecule has 0 aromatic carbocycles. The molecule has 0 heterocycles. The van der Waals surface area contributed by atoms with Crippen molar-refractivity contribution < 1.29 is 0 Å². The van der Waals surface area contributed by atoms with Crippen LogP contribution in [0.5, 0.6) is 0 Å². The van der Waals surface area contributed by atoms with Crippen LogP contribution in [0.25, 0.3) is 0 Å². The van der Waals surface area contributed by atoms with Gasteiger partial charge in [-0.2, -0.15) is 0 Å². The highest BCUT2D eigenvalue weighted by Crippen LogP contribution is 3.57. The smallest absolute Gasteiger partial charge is 0.000000170 e. The normalized spacial score (nSPS) is 15.5. The summed E-state index contributed by atoms with van der Waals surface area (Å²) in [4.78, 5) is 0. The Balaban J connectivity index is 16.8. The molecular weight excluding hydrogens is 3780 g/mol. The molecule has 732 valence electrons. The summed E-state index contributed by atoms with van der Waals surface area (Å²) in [5.41, 5.74) is 0. The molecule has 0 aliphatic heterocycles. The molecule has 0 N–H and O–H groups in total. The third kappa shape index (κ3) is 60.9. The molecular formula is H122P122. The van der Waals surface area contributed by atoms with Gasteiger partial charge in [0.15, 0.2) is 0 Å². The second kappa shape index (κ2) is 95.5. The van der Waals surface area contributed by atoms with Gasteiger partial charge in [0.1, 0.15) is 0 Å². The number of rotatable bonds is 59. The maximum atomic E-state index is 5.12. The summed E-state index contributed by atoms with van der Waals surface area (Å²) in [6.07, 6.45) is 0. The molecule has 0 rings (SSSR count). The van der Waals surface area contributed by atoms with E-state index in [0.717, 1.165) is 0 Å². The van der Waals surface area contributed by atoms with Crippen LogP contribution in [0, 0.1) is 0 Å². The fourth-order valence-corrected chi connectivity index (χ4v) is 1840. The van der Waals surface area contributed by atoms with Gasteiger partial charge in [0.2, 0.25) is 0 Å². The lowest BCUT2D eigenvalue weighted by molar-refractivity contribution is 4.28. The first-order valence-corrected chi connectivity index (χ1v) is 250. The van der Waals surface area contributed by atoms with Crippen molar-refractivity contribution in [2.45, 2.75) is 0 Å². The molecule has 64 unspecified atom stereocenters. The van der Waals surface area contributed by atoms with Gasteiger partial charge in [-0.3, -0.25) is 0 Å². The van der Waals surface area contributed by atoms with Gasteiger partial charge >= 0.3 is 0 Å². The molecule has 2 radical (unpaired) electrons. The van der Waals surface area contributed by atoms with Crippen LogP contribution in [0.3, 0.4) is 0 Å². The number of hydrogen-bond donors (Lipinski definition) is 0. The second-order valence-corrected chi connectivity index (χ2v) is 526. The van der Waals surface area contributed by atoms with Crippen molar-refractivity contribution in [1.29, 1.82) is 0 Å². The van der Waals surface area contributed by atoms with E-state index in [0.29, 0.717) is 0 Å². The van der Waals surface area contributed by atoms with Crippen molar-refractivity contribution in [3.05, 3.63) is 0 Å². The van der Waals surface area contributed by atoms with Crippen LogP contribution in [0.2, 0.25) is 0 Å². The zero-order valence-corrected chi connectivity index (χ0v) is 187. The highest BCUT2D eigenvalue weighted by atomic mass is 33.7. The van der Waals surface area contributed by atoms with E-state index in [9.17, 15) is 0 Å². The second-order valence-electron chi connectivity index (χ2n) is 19.5. The summed E-state index contributed by atoms with van der Waals surface area (Å²) in [7, 11) is 245. The van der Waals surface area contributed by atoms with Crippen molar-refractivity contribution in [3.63, 3.8) is 0 Å². The average Bonchev–Trinajstić information content (AvgIpc) is 0.700. The summed E-state index contributed by atoms with van der Waals surface area (Å²) >= 11 is 0. The molecule has 0 amide bonds. The van der Waals surface area contributed by atoms with Crippen LogP contribution in [0.1, 0.15) is 0 Å². The quantitative estimate of drug-likeness (QED) is 0.0533. The minimum absolute atomic E-state index is 0.530. The van der Waals surface area contributed by atoms with Gasteiger partial charge in [0, 0.05) is 0 Å². The van der Waals surface area contributed by atoms with E-state index < -0.39 is 419 Å². The first-order chi connectivity index (χ1) is 55.5. The summed E-state index contributed by atoms with van der Waals surface area (Å²) in [6.45, 7) is -34.8. The summed E-state index contributed by atoms with van der Waals surface area (Å²) in [5.74, 6) is 0. The Hall–Kier alpha value is 52.5. The van der Waals surface area contributed by atoms with Gasteiger partial charge in [-0.15, -0.1) is 536 Å². The first-order valence-electron chi connectivity index (χ1n) is 27.7. The summed E-state index contributed by atoms with van der Waals surface area (Å²) < 4.78 is 0. The Labute approximate surface area is 956 Å². The Kier molecular flexibility index (Phi) is 137. The molecule has 0 nitrogen and oxygen atoms in total. The molecule has 122 heteroatoms. The van der Waals surface area contributed by atoms with E-state index in [4.69, 9.17) is 17.9 Å². The molecule has 0 aliphatic carbocycles. The van der Waals surface area contributed by atoms with Crippen LogP contribution in [0.15, 0.2) is 0 Å². The number of hydrogen-bond acceptors (Lipinski definition) is 0. The van der Waals surface area contributed by atoms with Gasteiger partial charge < -0.3 is 0 Å². The van der Waals surface area contributed by atoms with E-state index in [2.05, 4.69) is 536 Å². The Morgan fingerprint density at radius 1 is 0.0656 bits per heavy atom. The molecule has 0 aromatic heterocycles. The zero-order chi connectivity index (χ0) is 96.6. The van der Waals surface area contributed by atoms with Gasteiger partial charge in [0.05, 0.1) is 0 Å². The van der Waals surface area contributed by atoms with Crippen molar-refractivity contribution in [2.75, 3.05) is 0 Å². The van der Waals surface area contributed by atoms with Crippen LogP contribution >= 0.6 is 973 Å². The van der Waals surface area contributed by atoms with Crippen molar-refractivity contribution >= 4 is 973 Å². The minimum atomic E-state index is -0.853. The van der Waals surface area contributed by atoms with Gasteiger partial charge in [-0.1, -0.05) is 17.9 Å². The van der Waals surface area contributed by atoms with E-state index in [1.165, 1.54) is 0 Å². The first kappa shape index (κ1) is 174. The Morgan fingerprint density at radius 2 is 0.115 bits per heavy atom. The summed E-state index contributed by atoms with van der Waals surface area (Å²) in [6, 6.07) is 0. The lowest BCUT2D eigenvalue weighted by atomic mass is 28.3. The Morgan fingerprint density at radius 3 is 0.164 bits per heavy atom. The molecule has 0 fully saturated rings. The predicted octanol–water partition coefficient (Wildman–Crippen LogP) is 72.4. The lowest BCUT2D eigenvalue weighted by Crippen LogP contribution is -1.78. The Bertz CT molecular complexity index is 2150. The SMILES string of the molecule is [PH]P([PH])P(P(P)P)P(P(P)P)P(P(P(P(P)P)P(P)P)P(P(P)P)P(P)P)P(P(P(P(P(P)P)P(P)P)P(P(P)P)P(P)P)P(P(P(P)P)P(P)P)P(P(P)P)P(P)P)P(P(P(P(P(P)P)P(P)P)P(P(P)P)P(P)P)P(P(P(P)P)P(P)P)P(P(P)P)P(P)P)P(P(P(P(P)P)P(P)P)P(P(P)P)P(P)P)P(P(P(P)P)P(P)P)P(P(P)P)P(P)P. The topological polar surface area (TPSA) is 0 Å². The highest BCUT2D eigenvalue weighted by Gasteiger charge is 2.70. The minimum Gasteiger partial charge on any atom is -0.102 e. The van der Waals surface area contributed by atoms with Crippen LogP contribution < -0.4 is 0 Å². The zero-order valence-electron chi connectivity index (χ0n) is 62.5. The van der Waals surface area contributed by atoms with Gasteiger partial charge in [-0.05, 0) is 419 Å². The van der Waals surface area contributed by atoms with Crippen LogP contribution in [-0.2, 0) is 0 Å². The van der Waals surface area contributed by atoms with Crippen LogP contribution in [0.4, 0.5) is 0 Å². The third-order valence-corrected chi connectivity index (χ3v) is 879. The molecule has 0 bridgehead atoms. The van der Waals surface area contributed by atoms with E-state index in [-0.39, 0.29) is 0 Å². The van der Waals surface area contributed by atoms with Crippen LogP contribution in [-0.4, -0.2) is 0 Å². The fraction of sp³-hybridized carbons (Fsp3) is 0. The van der Waals surface area contributed by atoms with Gasteiger partial charge in [0.25, 0.3) is 0 Å². The molecule has 0 aromatic rings. The van der Waals surface area contributed by atoms with E-state index in [1.54, 1.807) is 0 Å². The monoisotopic (exact) mass is 3900 g/mol. The molecule has 0 spiro atoms. The highest BCUT2D eigenvalue weighted by molar-refractivity contribution is 9.63. The van der Waals surface area contributed by atoms with E-state index >= 15 is 0 Å². The maximum absolute atomic E-state index is 5.12. The van der Waals surface area contributed by atoms with Crippen molar-refractivity contribution in [1.82, 2.24) is 0 Å². The molecule has 64 atom stereocenters. The lowest BCUT2D eigenvalue weighted by Gasteiger charge is -2.65. The molecule has 0 saturated carbocycles. The standard InChI is InChI=1S/H122P122/c1-63(2)94(64(3)4)109(93(61)62)117(110(95(65(5)6)66(7)8)96(67(9)10)68(11)12)121(118(111(97(69(13)14)70(15)16)98(71(17)18)72(19)20)112(99(73(21)22)74(23)24)100(75(25)26)76(27)28)122(119(113(101(77(29)30)78(31)32)102(79(33)34)80(35)36)114(103(81(37)38)82(39)40)104(83(41)42)84(43)44)120(115(105(85(45)46)86(47)48)106(87(49)50)88(51)52)116(107(89(53)54)90(55)56)108(91(57)58)92(59)60/h1-2H,3-62H2. The summed E-state index contributed by atoms with van der Waals surface area (Å²) in [5, 5.41) is 0.